The van der Waals surface area contributed by atoms with Crippen LogP contribution >= 0.6 is 0 Å². The first kappa shape index (κ1) is 11.2. The monoisotopic (exact) mass is 224 g/mol. The first-order chi connectivity index (χ1) is 7.75. The SMILES string of the molecule is O=C(CC1COCCN1)c1cncc(F)c1. The van der Waals surface area contributed by atoms with Gasteiger partial charge in [-0.05, 0) is 6.07 Å². The van der Waals surface area contributed by atoms with Gasteiger partial charge in [-0.1, -0.05) is 0 Å². The molecular formula is C11H13FN2O2. The summed E-state index contributed by atoms with van der Waals surface area (Å²) in [5.41, 5.74) is 0.312. The van der Waals surface area contributed by atoms with Crippen molar-refractivity contribution in [3.63, 3.8) is 0 Å². The maximum Gasteiger partial charge on any atom is 0.166 e. The van der Waals surface area contributed by atoms with Gasteiger partial charge in [-0.2, -0.15) is 0 Å². The van der Waals surface area contributed by atoms with E-state index in [9.17, 15) is 9.18 Å². The molecule has 0 spiro atoms. The lowest BCUT2D eigenvalue weighted by molar-refractivity contribution is 0.0675. The number of aromatic nitrogens is 1. The number of carbonyl (C=O) groups excluding carboxylic acids is 1. The Bertz CT molecular complexity index is 378. The van der Waals surface area contributed by atoms with Crippen molar-refractivity contribution in [3.05, 3.63) is 29.8 Å². The van der Waals surface area contributed by atoms with Crippen LogP contribution < -0.4 is 5.32 Å². The zero-order chi connectivity index (χ0) is 11.4. The van der Waals surface area contributed by atoms with E-state index in [-0.39, 0.29) is 11.8 Å². The van der Waals surface area contributed by atoms with Crippen LogP contribution in [0.25, 0.3) is 0 Å². The zero-order valence-corrected chi connectivity index (χ0v) is 8.78. The highest BCUT2D eigenvalue weighted by Crippen LogP contribution is 2.08. The van der Waals surface area contributed by atoms with Gasteiger partial charge in [0.25, 0.3) is 0 Å². The maximum atomic E-state index is 12.9. The Morgan fingerprint density at radius 3 is 3.19 bits per heavy atom. The molecule has 1 saturated heterocycles. The normalized spacial score (nSPS) is 20.7. The molecular weight excluding hydrogens is 211 g/mol. The second-order valence-corrected chi connectivity index (χ2v) is 3.75. The van der Waals surface area contributed by atoms with Gasteiger partial charge in [-0.15, -0.1) is 0 Å². The van der Waals surface area contributed by atoms with Gasteiger partial charge >= 0.3 is 0 Å². The molecule has 2 rings (SSSR count). The fourth-order valence-electron chi connectivity index (χ4n) is 1.66. The number of hydrogen-bond acceptors (Lipinski definition) is 4. The Balaban J connectivity index is 1.97. The number of rotatable bonds is 3. The number of ketones is 1. The summed E-state index contributed by atoms with van der Waals surface area (Å²) in [5, 5.41) is 3.17. The number of nitrogens with zero attached hydrogens (tertiary/aromatic N) is 1. The predicted molar refractivity (Wildman–Crippen MR) is 55.8 cm³/mol. The van der Waals surface area contributed by atoms with Crippen LogP contribution in [0.3, 0.4) is 0 Å². The van der Waals surface area contributed by atoms with E-state index in [1.807, 2.05) is 0 Å². The summed E-state index contributed by atoms with van der Waals surface area (Å²) in [7, 11) is 0. The quantitative estimate of drug-likeness (QED) is 0.771. The zero-order valence-electron chi connectivity index (χ0n) is 8.78. The lowest BCUT2D eigenvalue weighted by atomic mass is 10.1. The third-order valence-electron chi connectivity index (χ3n) is 2.46. The molecule has 1 unspecified atom stereocenters. The third-order valence-corrected chi connectivity index (χ3v) is 2.46. The van der Waals surface area contributed by atoms with E-state index >= 15 is 0 Å². The van der Waals surface area contributed by atoms with E-state index < -0.39 is 5.82 Å². The molecule has 1 atom stereocenters. The van der Waals surface area contributed by atoms with Gasteiger partial charge in [0.1, 0.15) is 5.82 Å². The van der Waals surface area contributed by atoms with E-state index in [2.05, 4.69) is 10.3 Å². The number of hydrogen-bond donors (Lipinski definition) is 1. The van der Waals surface area contributed by atoms with Gasteiger partial charge in [-0.25, -0.2) is 4.39 Å². The summed E-state index contributed by atoms with van der Waals surface area (Å²) in [6.45, 7) is 1.94. The minimum atomic E-state index is -0.487. The van der Waals surface area contributed by atoms with E-state index in [4.69, 9.17) is 4.74 Å². The number of halogens is 1. The first-order valence-corrected chi connectivity index (χ1v) is 5.20. The molecule has 5 heteroatoms. The first-order valence-electron chi connectivity index (χ1n) is 5.20. The van der Waals surface area contributed by atoms with Crippen LogP contribution in [0.4, 0.5) is 4.39 Å². The Kier molecular flexibility index (Phi) is 3.58. The van der Waals surface area contributed by atoms with Crippen LogP contribution in [0, 0.1) is 5.82 Å². The van der Waals surface area contributed by atoms with Gasteiger partial charge in [-0.3, -0.25) is 9.78 Å². The molecule has 1 aromatic heterocycles. The van der Waals surface area contributed by atoms with Crippen molar-refractivity contribution in [2.24, 2.45) is 0 Å². The summed E-state index contributed by atoms with van der Waals surface area (Å²) in [4.78, 5) is 15.4. The number of nitrogens with one attached hydrogen (secondary N) is 1. The molecule has 16 heavy (non-hydrogen) atoms. The van der Waals surface area contributed by atoms with Gasteiger partial charge < -0.3 is 10.1 Å². The van der Waals surface area contributed by atoms with Crippen molar-refractivity contribution in [2.45, 2.75) is 12.5 Å². The number of ether oxygens (including phenoxy) is 1. The van der Waals surface area contributed by atoms with Crippen LogP contribution in [0.15, 0.2) is 18.5 Å². The highest BCUT2D eigenvalue weighted by atomic mass is 19.1. The molecule has 0 bridgehead atoms. The lowest BCUT2D eigenvalue weighted by Gasteiger charge is -2.23. The second-order valence-electron chi connectivity index (χ2n) is 3.75. The molecule has 0 aromatic carbocycles. The Morgan fingerprint density at radius 2 is 2.50 bits per heavy atom. The summed E-state index contributed by atoms with van der Waals surface area (Å²) >= 11 is 0. The van der Waals surface area contributed by atoms with Crippen LogP contribution in [0.1, 0.15) is 16.8 Å². The molecule has 1 aliphatic rings. The molecule has 0 aliphatic carbocycles. The smallest absolute Gasteiger partial charge is 0.166 e. The average molecular weight is 224 g/mol. The molecule has 86 valence electrons. The number of Topliss-reactive ketones (excluding diaryl/α,β-unsaturated/α-hetero) is 1. The van der Waals surface area contributed by atoms with Gasteiger partial charge in [0, 0.05) is 30.8 Å². The van der Waals surface area contributed by atoms with Crippen molar-refractivity contribution in [1.82, 2.24) is 10.3 Å². The molecule has 1 N–H and O–H groups in total. The molecule has 4 nitrogen and oxygen atoms in total. The van der Waals surface area contributed by atoms with Crippen LogP contribution in [0.5, 0.6) is 0 Å². The molecule has 2 heterocycles. The highest BCUT2D eigenvalue weighted by Gasteiger charge is 2.18. The van der Waals surface area contributed by atoms with Gasteiger partial charge in [0.15, 0.2) is 5.78 Å². The minimum Gasteiger partial charge on any atom is -0.378 e. The fraction of sp³-hybridized carbons (Fsp3) is 0.455. The predicted octanol–water partition coefficient (Wildman–Crippen LogP) is 0.782. The lowest BCUT2D eigenvalue weighted by Crippen LogP contribution is -2.42. The molecule has 0 amide bonds. The molecule has 1 aromatic rings. The van der Waals surface area contributed by atoms with E-state index in [0.717, 1.165) is 12.7 Å². The Morgan fingerprint density at radius 1 is 1.62 bits per heavy atom. The van der Waals surface area contributed by atoms with Crippen molar-refractivity contribution in [3.8, 4) is 0 Å². The highest BCUT2D eigenvalue weighted by molar-refractivity contribution is 5.96. The standard InChI is InChI=1S/C11H13FN2O2/c12-9-3-8(5-13-6-9)11(15)4-10-7-16-2-1-14-10/h3,5-6,10,14H,1-2,4,7H2. The Labute approximate surface area is 92.8 Å². The van der Waals surface area contributed by atoms with Gasteiger partial charge in [0.05, 0.1) is 19.4 Å². The number of carbonyl (C=O) groups is 1. The van der Waals surface area contributed by atoms with Crippen molar-refractivity contribution in [1.29, 1.82) is 0 Å². The van der Waals surface area contributed by atoms with Crippen LogP contribution in [-0.2, 0) is 4.74 Å². The topological polar surface area (TPSA) is 51.2 Å². The minimum absolute atomic E-state index is 0.0181. The number of morpholine rings is 1. The van der Waals surface area contributed by atoms with Crippen molar-refractivity contribution < 1.29 is 13.9 Å². The van der Waals surface area contributed by atoms with Crippen LogP contribution in [-0.4, -0.2) is 36.6 Å². The average Bonchev–Trinajstić information content (AvgIpc) is 2.30. The summed E-state index contributed by atoms with van der Waals surface area (Å²) < 4.78 is 18.1. The molecule has 0 saturated carbocycles. The summed E-state index contributed by atoms with van der Waals surface area (Å²) in [6, 6.07) is 1.23. The fourth-order valence-corrected chi connectivity index (χ4v) is 1.66. The van der Waals surface area contributed by atoms with Crippen molar-refractivity contribution >= 4 is 5.78 Å². The largest absolute Gasteiger partial charge is 0.378 e. The van der Waals surface area contributed by atoms with E-state index in [1.54, 1.807) is 0 Å². The summed E-state index contributed by atoms with van der Waals surface area (Å²) in [5.74, 6) is -0.603. The Hall–Kier alpha value is -1.33. The van der Waals surface area contributed by atoms with Gasteiger partial charge in [0.2, 0.25) is 0 Å². The van der Waals surface area contributed by atoms with E-state index in [0.29, 0.717) is 25.2 Å². The van der Waals surface area contributed by atoms with Crippen LogP contribution in [0.2, 0.25) is 0 Å². The molecule has 1 fully saturated rings. The maximum absolute atomic E-state index is 12.9. The van der Waals surface area contributed by atoms with Crippen molar-refractivity contribution in [2.75, 3.05) is 19.8 Å². The molecule has 1 aliphatic heterocycles. The summed E-state index contributed by atoms with van der Waals surface area (Å²) in [6.07, 6.45) is 2.78. The van der Waals surface area contributed by atoms with E-state index in [1.165, 1.54) is 12.3 Å². The molecule has 0 radical (unpaired) electrons. The number of pyridine rings is 1. The third kappa shape index (κ3) is 2.84. The second kappa shape index (κ2) is 5.14.